The van der Waals surface area contributed by atoms with Crippen molar-refractivity contribution in [3.05, 3.63) is 18.3 Å². The molecule has 7 nitrogen and oxygen atoms in total. The lowest BCUT2D eigenvalue weighted by Crippen LogP contribution is -2.46. The van der Waals surface area contributed by atoms with Crippen LogP contribution in [0.15, 0.2) is 12.6 Å². The molecule has 2 heterocycles. The highest BCUT2D eigenvalue weighted by Crippen LogP contribution is 2.21. The van der Waals surface area contributed by atoms with Crippen LogP contribution in [0, 0.1) is 0 Å². The van der Waals surface area contributed by atoms with Gasteiger partial charge in [0.2, 0.25) is 0 Å². The lowest BCUT2D eigenvalue weighted by Gasteiger charge is -2.19. The van der Waals surface area contributed by atoms with Gasteiger partial charge in [-0.15, -0.1) is 0 Å². The Morgan fingerprint density at radius 3 is 3.06 bits per heavy atom. The Hall–Kier alpha value is -2.31. The first kappa shape index (κ1) is 12.2. The second kappa shape index (κ2) is 4.52. The highest BCUT2D eigenvalue weighted by atomic mass is 16.4. The molecule has 1 aromatic rings. The van der Waals surface area contributed by atoms with Crippen LogP contribution in [0.5, 0.6) is 0 Å². The molecule has 1 unspecified atom stereocenters. The number of hydrogen-bond acceptors (Lipinski definition) is 3. The van der Waals surface area contributed by atoms with Gasteiger partial charge in [0.05, 0.1) is 5.69 Å². The molecule has 0 aliphatic carbocycles. The summed E-state index contributed by atoms with van der Waals surface area (Å²) in [4.78, 5) is 24.1. The van der Waals surface area contributed by atoms with E-state index in [-0.39, 0.29) is 5.91 Å². The second-order valence-electron chi connectivity index (χ2n) is 4.04. The summed E-state index contributed by atoms with van der Waals surface area (Å²) < 4.78 is 1.68. The molecule has 0 radical (unpaired) electrons. The van der Waals surface area contributed by atoms with Gasteiger partial charge in [-0.25, -0.2) is 9.48 Å². The van der Waals surface area contributed by atoms with E-state index in [4.69, 9.17) is 5.11 Å². The van der Waals surface area contributed by atoms with E-state index in [1.807, 2.05) is 0 Å². The minimum atomic E-state index is -1.20. The van der Waals surface area contributed by atoms with Crippen LogP contribution in [0.25, 0.3) is 6.08 Å². The number of likely N-dealkylation sites (N-methyl/N-ethyl adjacent to an activating group) is 1. The van der Waals surface area contributed by atoms with E-state index >= 15 is 0 Å². The molecule has 0 saturated carbocycles. The Balaban J connectivity index is 2.29. The number of nitrogens with zero attached hydrogens (tertiary/aromatic N) is 3. The van der Waals surface area contributed by atoms with Crippen LogP contribution in [0.1, 0.15) is 12.1 Å². The van der Waals surface area contributed by atoms with E-state index in [2.05, 4.69) is 17.0 Å². The van der Waals surface area contributed by atoms with Gasteiger partial charge in [0.15, 0.2) is 0 Å². The number of carbonyl (C=O) groups is 2. The number of fused-ring (bicyclic) bond motifs is 1. The topological polar surface area (TPSA) is 87.5 Å². The summed E-state index contributed by atoms with van der Waals surface area (Å²) in [6.07, 6.45) is 0.779. The van der Waals surface area contributed by atoms with E-state index in [1.165, 1.54) is 4.90 Å². The van der Waals surface area contributed by atoms with Gasteiger partial charge in [0, 0.05) is 19.7 Å². The molecule has 0 bridgehead atoms. The first-order valence-corrected chi connectivity index (χ1v) is 5.50. The SMILES string of the molecule is C=Cc1cc2n(n1)CCC(NC(=O)O)C(=O)N2C. The number of carboxylic acid groups (broad SMARTS) is 1. The molecule has 18 heavy (non-hydrogen) atoms. The van der Waals surface area contributed by atoms with Crippen LogP contribution in [-0.4, -0.2) is 40.0 Å². The van der Waals surface area contributed by atoms with Crippen molar-refractivity contribution in [3.63, 3.8) is 0 Å². The van der Waals surface area contributed by atoms with Crippen molar-refractivity contribution in [1.82, 2.24) is 15.1 Å². The Kier molecular flexibility index (Phi) is 3.05. The van der Waals surface area contributed by atoms with Gasteiger partial charge in [0.25, 0.3) is 5.91 Å². The molecule has 2 amide bonds. The zero-order valence-electron chi connectivity index (χ0n) is 9.96. The summed E-state index contributed by atoms with van der Waals surface area (Å²) in [5.41, 5.74) is 0.689. The number of aromatic nitrogens is 2. The molecular weight excluding hydrogens is 236 g/mol. The zero-order chi connectivity index (χ0) is 13.3. The first-order valence-electron chi connectivity index (χ1n) is 5.50. The van der Waals surface area contributed by atoms with Crippen molar-refractivity contribution in [2.75, 3.05) is 11.9 Å². The Morgan fingerprint density at radius 2 is 2.44 bits per heavy atom. The van der Waals surface area contributed by atoms with E-state index < -0.39 is 12.1 Å². The molecular formula is C11H14N4O3. The smallest absolute Gasteiger partial charge is 0.405 e. The maximum absolute atomic E-state index is 12.1. The number of aryl methyl sites for hydroxylation is 1. The van der Waals surface area contributed by atoms with Gasteiger partial charge in [-0.3, -0.25) is 9.69 Å². The van der Waals surface area contributed by atoms with Crippen molar-refractivity contribution in [2.45, 2.75) is 19.0 Å². The van der Waals surface area contributed by atoms with Crippen LogP contribution in [0.2, 0.25) is 0 Å². The maximum atomic E-state index is 12.1. The molecule has 0 aromatic carbocycles. The third-order valence-corrected chi connectivity index (χ3v) is 2.89. The minimum absolute atomic E-state index is 0.285. The van der Waals surface area contributed by atoms with Crippen LogP contribution >= 0.6 is 0 Å². The Morgan fingerprint density at radius 1 is 1.72 bits per heavy atom. The number of nitrogens with one attached hydrogen (secondary N) is 1. The van der Waals surface area contributed by atoms with Gasteiger partial charge < -0.3 is 10.4 Å². The van der Waals surface area contributed by atoms with Gasteiger partial charge in [-0.05, 0) is 12.5 Å². The molecule has 96 valence electrons. The van der Waals surface area contributed by atoms with Gasteiger partial charge in [-0.2, -0.15) is 5.10 Å². The third kappa shape index (κ3) is 2.06. The minimum Gasteiger partial charge on any atom is -0.465 e. The predicted molar refractivity (Wildman–Crippen MR) is 65.3 cm³/mol. The maximum Gasteiger partial charge on any atom is 0.405 e. The summed E-state index contributed by atoms with van der Waals surface area (Å²) in [5, 5.41) is 15.2. The van der Waals surface area contributed by atoms with Gasteiger partial charge >= 0.3 is 6.09 Å². The highest BCUT2D eigenvalue weighted by Gasteiger charge is 2.30. The highest BCUT2D eigenvalue weighted by molar-refractivity contribution is 5.98. The summed E-state index contributed by atoms with van der Waals surface area (Å²) in [6, 6.07) is 1.01. The fourth-order valence-electron chi connectivity index (χ4n) is 1.97. The van der Waals surface area contributed by atoms with Crippen molar-refractivity contribution in [3.8, 4) is 0 Å². The average Bonchev–Trinajstić information content (AvgIpc) is 2.71. The van der Waals surface area contributed by atoms with E-state index in [9.17, 15) is 9.59 Å². The van der Waals surface area contributed by atoms with Crippen LogP contribution in [-0.2, 0) is 11.3 Å². The molecule has 1 atom stereocenters. The Labute approximate surface area is 104 Å². The lowest BCUT2D eigenvalue weighted by atomic mass is 10.2. The molecule has 0 spiro atoms. The zero-order valence-corrected chi connectivity index (χ0v) is 9.96. The molecule has 1 aliphatic heterocycles. The van der Waals surface area contributed by atoms with Gasteiger partial charge in [-0.1, -0.05) is 6.58 Å². The van der Waals surface area contributed by atoms with Crippen molar-refractivity contribution < 1.29 is 14.7 Å². The number of rotatable bonds is 2. The number of carbonyl (C=O) groups excluding carboxylic acids is 1. The Bertz CT molecular complexity index is 508. The molecule has 2 rings (SSSR count). The van der Waals surface area contributed by atoms with Gasteiger partial charge in [0.1, 0.15) is 11.9 Å². The molecule has 2 N–H and O–H groups in total. The molecule has 0 saturated heterocycles. The summed E-state index contributed by atoms with van der Waals surface area (Å²) in [6.45, 7) is 4.10. The van der Waals surface area contributed by atoms with Crippen molar-refractivity contribution >= 4 is 23.9 Å². The second-order valence-corrected chi connectivity index (χ2v) is 4.04. The van der Waals surface area contributed by atoms with Crippen LogP contribution < -0.4 is 10.2 Å². The van der Waals surface area contributed by atoms with E-state index in [1.54, 1.807) is 23.9 Å². The number of hydrogen-bond donors (Lipinski definition) is 2. The fourth-order valence-corrected chi connectivity index (χ4v) is 1.97. The first-order chi connectivity index (χ1) is 8.52. The summed E-state index contributed by atoms with van der Waals surface area (Å²) >= 11 is 0. The normalized spacial score (nSPS) is 19.1. The third-order valence-electron chi connectivity index (χ3n) is 2.89. The summed E-state index contributed by atoms with van der Waals surface area (Å²) in [5.74, 6) is 0.358. The fraction of sp³-hybridized carbons (Fsp3) is 0.364. The van der Waals surface area contributed by atoms with Crippen LogP contribution in [0.4, 0.5) is 10.6 Å². The molecule has 7 heteroatoms. The molecule has 0 fully saturated rings. The van der Waals surface area contributed by atoms with Crippen LogP contribution in [0.3, 0.4) is 0 Å². The van der Waals surface area contributed by atoms with E-state index in [0.717, 1.165) is 0 Å². The quantitative estimate of drug-likeness (QED) is 0.801. The standard InChI is InChI=1S/C11H14N4O3/c1-3-7-6-9-14(2)10(16)8(12-11(17)18)4-5-15(9)13-7/h3,6,8,12H,1,4-5H2,2H3,(H,17,18). The number of amides is 2. The summed E-state index contributed by atoms with van der Waals surface area (Å²) in [7, 11) is 1.60. The largest absolute Gasteiger partial charge is 0.465 e. The van der Waals surface area contributed by atoms with Crippen molar-refractivity contribution in [1.29, 1.82) is 0 Å². The number of anilines is 1. The predicted octanol–water partition coefficient (Wildman–Crippen LogP) is 0.529. The molecule has 1 aromatic heterocycles. The lowest BCUT2D eigenvalue weighted by molar-refractivity contribution is -0.120. The average molecular weight is 250 g/mol. The molecule has 1 aliphatic rings. The van der Waals surface area contributed by atoms with Crippen molar-refractivity contribution in [2.24, 2.45) is 0 Å². The van der Waals surface area contributed by atoms with E-state index in [0.29, 0.717) is 24.5 Å². The monoisotopic (exact) mass is 250 g/mol.